The summed E-state index contributed by atoms with van der Waals surface area (Å²) in [4.78, 5) is 14.2. The smallest absolute Gasteiger partial charge is 0.237 e. The van der Waals surface area contributed by atoms with E-state index in [-0.39, 0.29) is 29.6 Å². The van der Waals surface area contributed by atoms with Crippen molar-refractivity contribution >= 4 is 5.91 Å². The minimum atomic E-state index is -0.196. The fourth-order valence-electron chi connectivity index (χ4n) is 2.01. The van der Waals surface area contributed by atoms with Crippen LogP contribution < -0.4 is 11.1 Å². The number of hydrogen-bond donors (Lipinski definition) is 2. The molecular formula is C13H27N3O2. The van der Waals surface area contributed by atoms with Crippen LogP contribution in [0.1, 0.15) is 34.6 Å². The van der Waals surface area contributed by atoms with E-state index in [2.05, 4.69) is 10.2 Å². The molecular weight excluding hydrogens is 230 g/mol. The van der Waals surface area contributed by atoms with Crippen LogP contribution in [0.3, 0.4) is 0 Å². The summed E-state index contributed by atoms with van der Waals surface area (Å²) >= 11 is 0. The van der Waals surface area contributed by atoms with Crippen LogP contribution in [0.2, 0.25) is 0 Å². The molecule has 0 saturated carbocycles. The number of carbonyl (C=O) groups is 1. The average molecular weight is 257 g/mol. The molecule has 3 atom stereocenters. The number of nitrogens with zero attached hydrogens (tertiary/aromatic N) is 1. The van der Waals surface area contributed by atoms with Crippen LogP contribution in [-0.2, 0) is 9.53 Å². The van der Waals surface area contributed by atoms with E-state index in [1.165, 1.54) is 0 Å². The number of rotatable bonds is 3. The van der Waals surface area contributed by atoms with Gasteiger partial charge in [0.25, 0.3) is 0 Å². The van der Waals surface area contributed by atoms with Crippen LogP contribution in [0, 0.1) is 0 Å². The third-order valence-corrected chi connectivity index (χ3v) is 3.14. The lowest BCUT2D eigenvalue weighted by Gasteiger charge is -2.38. The number of hydrogen-bond acceptors (Lipinski definition) is 4. The van der Waals surface area contributed by atoms with Crippen molar-refractivity contribution in [1.82, 2.24) is 10.2 Å². The Balaban J connectivity index is 2.55. The molecule has 3 unspecified atom stereocenters. The van der Waals surface area contributed by atoms with Gasteiger partial charge >= 0.3 is 0 Å². The molecule has 0 radical (unpaired) electrons. The van der Waals surface area contributed by atoms with Crippen molar-refractivity contribution in [3.05, 3.63) is 0 Å². The Hall–Kier alpha value is -0.650. The van der Waals surface area contributed by atoms with Crippen molar-refractivity contribution < 1.29 is 9.53 Å². The summed E-state index contributed by atoms with van der Waals surface area (Å²) in [5.74, 6) is 0.0628. The van der Waals surface area contributed by atoms with Crippen molar-refractivity contribution in [2.75, 3.05) is 19.7 Å². The fourth-order valence-corrected chi connectivity index (χ4v) is 2.01. The minimum absolute atomic E-state index is 0.00863. The molecule has 0 spiro atoms. The zero-order chi connectivity index (χ0) is 13.9. The topological polar surface area (TPSA) is 67.6 Å². The van der Waals surface area contributed by atoms with Gasteiger partial charge in [0.2, 0.25) is 5.91 Å². The highest BCUT2D eigenvalue weighted by atomic mass is 16.5. The molecule has 18 heavy (non-hydrogen) atoms. The molecule has 1 aliphatic heterocycles. The van der Waals surface area contributed by atoms with Gasteiger partial charge in [-0.3, -0.25) is 9.69 Å². The molecule has 1 rings (SSSR count). The van der Waals surface area contributed by atoms with Crippen LogP contribution in [0.5, 0.6) is 0 Å². The Labute approximate surface area is 110 Å². The number of amides is 1. The van der Waals surface area contributed by atoms with Crippen molar-refractivity contribution in [1.29, 1.82) is 0 Å². The molecule has 5 nitrogen and oxygen atoms in total. The fraction of sp³-hybridized carbons (Fsp3) is 0.923. The van der Waals surface area contributed by atoms with E-state index in [0.29, 0.717) is 6.61 Å². The van der Waals surface area contributed by atoms with Gasteiger partial charge in [-0.05, 0) is 34.6 Å². The van der Waals surface area contributed by atoms with E-state index in [1.807, 2.05) is 34.6 Å². The lowest BCUT2D eigenvalue weighted by molar-refractivity contribution is -0.131. The number of carbonyl (C=O) groups excluding carboxylic acids is 1. The Morgan fingerprint density at radius 3 is 2.56 bits per heavy atom. The Kier molecular flexibility index (Phi) is 5.13. The van der Waals surface area contributed by atoms with Crippen molar-refractivity contribution in [3.63, 3.8) is 0 Å². The summed E-state index contributed by atoms with van der Waals surface area (Å²) in [6.45, 7) is 12.0. The Morgan fingerprint density at radius 1 is 1.44 bits per heavy atom. The van der Waals surface area contributed by atoms with E-state index in [4.69, 9.17) is 10.5 Å². The maximum absolute atomic E-state index is 12.1. The highest BCUT2D eigenvalue weighted by Crippen LogP contribution is 2.12. The summed E-state index contributed by atoms with van der Waals surface area (Å²) in [7, 11) is 0. The standard InChI is InChI=1S/C13H27N3O2/c1-9(14)11-8-16(6-7-18-11)10(2)12(17)15-13(3,4)5/h9-11H,6-8,14H2,1-5H3,(H,15,17). The number of nitrogens with one attached hydrogen (secondary N) is 1. The van der Waals surface area contributed by atoms with Crippen LogP contribution in [0.15, 0.2) is 0 Å². The third-order valence-electron chi connectivity index (χ3n) is 3.14. The summed E-state index contributed by atoms with van der Waals surface area (Å²) in [6.07, 6.45) is 0.0173. The zero-order valence-electron chi connectivity index (χ0n) is 12.2. The Morgan fingerprint density at radius 2 is 2.06 bits per heavy atom. The number of morpholine rings is 1. The minimum Gasteiger partial charge on any atom is -0.374 e. The monoisotopic (exact) mass is 257 g/mol. The molecule has 0 aromatic carbocycles. The SMILES string of the molecule is CC(N)C1CN(C(C)C(=O)NC(C)(C)C)CCO1. The molecule has 5 heteroatoms. The molecule has 106 valence electrons. The van der Waals surface area contributed by atoms with Gasteiger partial charge in [0, 0.05) is 24.7 Å². The lowest BCUT2D eigenvalue weighted by Crippen LogP contribution is -2.57. The van der Waals surface area contributed by atoms with Crippen LogP contribution >= 0.6 is 0 Å². The molecule has 1 aliphatic rings. The van der Waals surface area contributed by atoms with Gasteiger partial charge in [0.05, 0.1) is 18.8 Å². The Bertz CT molecular complexity index is 286. The van der Waals surface area contributed by atoms with Gasteiger partial charge in [0.15, 0.2) is 0 Å². The molecule has 1 heterocycles. The number of ether oxygens (including phenoxy) is 1. The molecule has 3 N–H and O–H groups in total. The molecule has 0 aromatic rings. The second kappa shape index (κ2) is 5.99. The van der Waals surface area contributed by atoms with Gasteiger partial charge < -0.3 is 15.8 Å². The van der Waals surface area contributed by atoms with Crippen molar-refractivity contribution in [2.24, 2.45) is 5.73 Å². The van der Waals surface area contributed by atoms with Crippen LogP contribution in [-0.4, -0.2) is 54.2 Å². The second-order valence-electron chi connectivity index (χ2n) is 6.18. The van der Waals surface area contributed by atoms with E-state index in [9.17, 15) is 4.79 Å². The second-order valence-corrected chi connectivity index (χ2v) is 6.18. The van der Waals surface area contributed by atoms with Gasteiger partial charge in [-0.15, -0.1) is 0 Å². The first-order chi connectivity index (χ1) is 8.20. The van der Waals surface area contributed by atoms with E-state index < -0.39 is 0 Å². The molecule has 1 amide bonds. The van der Waals surface area contributed by atoms with Crippen molar-refractivity contribution in [3.8, 4) is 0 Å². The quantitative estimate of drug-likeness (QED) is 0.765. The van der Waals surface area contributed by atoms with Gasteiger partial charge in [0.1, 0.15) is 0 Å². The third kappa shape index (κ3) is 4.55. The first kappa shape index (κ1) is 15.4. The highest BCUT2D eigenvalue weighted by Gasteiger charge is 2.30. The summed E-state index contributed by atoms with van der Waals surface area (Å²) in [5, 5.41) is 3.01. The maximum atomic E-state index is 12.1. The van der Waals surface area contributed by atoms with E-state index in [0.717, 1.165) is 13.1 Å². The highest BCUT2D eigenvalue weighted by molar-refractivity contribution is 5.81. The number of nitrogens with two attached hydrogens (primary N) is 1. The molecule has 1 saturated heterocycles. The summed E-state index contributed by atoms with van der Waals surface area (Å²) in [6, 6.07) is -0.153. The van der Waals surface area contributed by atoms with E-state index >= 15 is 0 Å². The molecule has 0 bridgehead atoms. The summed E-state index contributed by atoms with van der Waals surface area (Å²) < 4.78 is 5.60. The van der Waals surface area contributed by atoms with Gasteiger partial charge in [-0.25, -0.2) is 0 Å². The normalized spacial score (nSPS) is 25.6. The first-order valence-corrected chi connectivity index (χ1v) is 6.64. The van der Waals surface area contributed by atoms with Gasteiger partial charge in [-0.1, -0.05) is 0 Å². The largest absolute Gasteiger partial charge is 0.374 e. The maximum Gasteiger partial charge on any atom is 0.237 e. The predicted molar refractivity (Wildman–Crippen MR) is 72.3 cm³/mol. The van der Waals surface area contributed by atoms with Crippen molar-refractivity contribution in [2.45, 2.75) is 58.3 Å². The zero-order valence-corrected chi connectivity index (χ0v) is 12.2. The van der Waals surface area contributed by atoms with Gasteiger partial charge in [-0.2, -0.15) is 0 Å². The molecule has 0 aliphatic carbocycles. The summed E-state index contributed by atoms with van der Waals surface area (Å²) in [5.41, 5.74) is 5.66. The van der Waals surface area contributed by atoms with Crippen LogP contribution in [0.4, 0.5) is 0 Å². The van der Waals surface area contributed by atoms with E-state index in [1.54, 1.807) is 0 Å². The first-order valence-electron chi connectivity index (χ1n) is 6.64. The molecule has 0 aromatic heterocycles. The lowest BCUT2D eigenvalue weighted by atomic mass is 10.1. The molecule has 1 fully saturated rings. The predicted octanol–water partition coefficient (Wildman–Crippen LogP) is 0.338. The average Bonchev–Trinajstić information content (AvgIpc) is 2.26. The van der Waals surface area contributed by atoms with Crippen LogP contribution in [0.25, 0.3) is 0 Å².